The monoisotopic (exact) mass is 446 g/mol. The Labute approximate surface area is 179 Å². The molecule has 1 fully saturated rings. The first-order valence-corrected chi connectivity index (χ1v) is 10.8. The van der Waals surface area contributed by atoms with Gasteiger partial charge in [-0.1, -0.05) is 6.07 Å². The number of sulfonamides is 1. The number of carboxylic acids is 1. The van der Waals surface area contributed by atoms with Crippen molar-refractivity contribution in [3.05, 3.63) is 48.0 Å². The third-order valence-electron chi connectivity index (χ3n) is 4.66. The molecule has 1 aliphatic heterocycles. The molecule has 0 radical (unpaired) electrons. The molecule has 2 aromatic rings. The van der Waals surface area contributed by atoms with Gasteiger partial charge in [0.05, 0.1) is 19.9 Å². The second-order valence-corrected chi connectivity index (χ2v) is 8.38. The number of nitrogens with one attached hydrogen (secondary N) is 1. The fourth-order valence-corrected chi connectivity index (χ4v) is 4.55. The highest BCUT2D eigenvalue weighted by Gasteiger charge is 2.25. The average Bonchev–Trinajstić information content (AvgIpc) is 3.17. The van der Waals surface area contributed by atoms with Crippen molar-refractivity contribution in [2.24, 2.45) is 0 Å². The Balaban J connectivity index is 2.00. The normalized spacial score (nSPS) is 14.1. The maximum absolute atomic E-state index is 13.2. The predicted octanol–water partition coefficient (Wildman–Crippen LogP) is 2.73. The predicted molar refractivity (Wildman–Crippen MR) is 115 cm³/mol. The van der Waals surface area contributed by atoms with E-state index in [9.17, 15) is 18.0 Å². The first kappa shape index (κ1) is 22.2. The molecule has 3 rings (SSSR count). The van der Waals surface area contributed by atoms with Crippen LogP contribution in [-0.4, -0.2) is 46.2 Å². The van der Waals surface area contributed by atoms with Gasteiger partial charge < -0.3 is 19.5 Å². The summed E-state index contributed by atoms with van der Waals surface area (Å²) in [7, 11) is -1.48. The number of hydrogen-bond acceptors (Lipinski definition) is 6. The zero-order valence-corrected chi connectivity index (χ0v) is 17.8. The van der Waals surface area contributed by atoms with E-state index in [2.05, 4.69) is 4.72 Å². The first-order valence-electron chi connectivity index (χ1n) is 9.35. The highest BCUT2D eigenvalue weighted by molar-refractivity contribution is 7.92. The summed E-state index contributed by atoms with van der Waals surface area (Å²) < 4.78 is 39.3. The van der Waals surface area contributed by atoms with Crippen molar-refractivity contribution in [2.45, 2.75) is 17.7 Å². The number of rotatable bonds is 8. The molecule has 1 heterocycles. The Morgan fingerprint density at radius 2 is 1.97 bits per heavy atom. The molecule has 0 bridgehead atoms. The number of amides is 1. The summed E-state index contributed by atoms with van der Waals surface area (Å²) in [6, 6.07) is 9.30. The second-order valence-electron chi connectivity index (χ2n) is 6.73. The van der Waals surface area contributed by atoms with Gasteiger partial charge in [0.15, 0.2) is 11.5 Å². The summed E-state index contributed by atoms with van der Waals surface area (Å²) in [6.07, 6.45) is 3.36. The Morgan fingerprint density at radius 3 is 2.58 bits per heavy atom. The van der Waals surface area contributed by atoms with Gasteiger partial charge in [0.25, 0.3) is 10.0 Å². The van der Waals surface area contributed by atoms with Gasteiger partial charge in [0.1, 0.15) is 4.90 Å². The molecule has 1 aliphatic rings. The molecule has 10 heteroatoms. The number of nitrogens with zero attached hydrogens (tertiary/aromatic N) is 1. The van der Waals surface area contributed by atoms with Crippen LogP contribution >= 0.6 is 0 Å². The molecule has 2 aromatic carbocycles. The Bertz CT molecular complexity index is 1140. The molecule has 0 unspecified atom stereocenters. The van der Waals surface area contributed by atoms with Crippen molar-refractivity contribution in [2.75, 3.05) is 30.4 Å². The van der Waals surface area contributed by atoms with Crippen molar-refractivity contribution in [3.8, 4) is 11.5 Å². The number of carbonyl (C=O) groups is 2. The van der Waals surface area contributed by atoms with E-state index < -0.39 is 16.0 Å². The molecule has 31 heavy (non-hydrogen) atoms. The van der Waals surface area contributed by atoms with Gasteiger partial charge in [-0.05, 0) is 48.4 Å². The molecule has 164 valence electrons. The smallest absolute Gasteiger partial charge is 0.328 e. The summed E-state index contributed by atoms with van der Waals surface area (Å²) in [5.41, 5.74) is 1.17. The van der Waals surface area contributed by atoms with Gasteiger partial charge in [-0.3, -0.25) is 9.52 Å². The largest absolute Gasteiger partial charge is 0.493 e. The molecule has 1 amide bonds. The van der Waals surface area contributed by atoms with Crippen LogP contribution in [0.2, 0.25) is 0 Å². The van der Waals surface area contributed by atoms with E-state index in [1.807, 2.05) is 0 Å². The van der Waals surface area contributed by atoms with Crippen LogP contribution < -0.4 is 19.1 Å². The lowest BCUT2D eigenvalue weighted by Gasteiger charge is -2.18. The molecule has 9 nitrogen and oxygen atoms in total. The molecule has 2 N–H and O–H groups in total. The lowest BCUT2D eigenvalue weighted by Crippen LogP contribution is -2.23. The number of carbonyl (C=O) groups excluding carboxylic acids is 1. The van der Waals surface area contributed by atoms with Crippen molar-refractivity contribution in [1.82, 2.24) is 0 Å². The number of ether oxygens (including phenoxy) is 2. The van der Waals surface area contributed by atoms with Gasteiger partial charge in [0, 0.05) is 24.7 Å². The van der Waals surface area contributed by atoms with E-state index in [-0.39, 0.29) is 28.0 Å². The maximum atomic E-state index is 13.2. The van der Waals surface area contributed by atoms with Crippen LogP contribution in [0.3, 0.4) is 0 Å². The van der Waals surface area contributed by atoms with Crippen LogP contribution in [0.5, 0.6) is 11.5 Å². The fraction of sp³-hybridized carbons (Fsp3) is 0.238. The summed E-state index contributed by atoms with van der Waals surface area (Å²) in [6.45, 7) is 0.581. The molecular weight excluding hydrogens is 424 g/mol. The van der Waals surface area contributed by atoms with Gasteiger partial charge in [0.2, 0.25) is 5.91 Å². The molecule has 0 saturated carbocycles. The zero-order chi connectivity index (χ0) is 22.6. The van der Waals surface area contributed by atoms with Crippen LogP contribution in [0.1, 0.15) is 18.4 Å². The van der Waals surface area contributed by atoms with Gasteiger partial charge in [-0.25, -0.2) is 13.2 Å². The average molecular weight is 446 g/mol. The number of benzene rings is 2. The number of anilines is 2. The first-order chi connectivity index (χ1) is 14.7. The summed E-state index contributed by atoms with van der Waals surface area (Å²) in [5.74, 6) is -1.07. The van der Waals surface area contributed by atoms with Crippen molar-refractivity contribution < 1.29 is 32.6 Å². The minimum atomic E-state index is -4.14. The Morgan fingerprint density at radius 1 is 1.19 bits per heavy atom. The highest BCUT2D eigenvalue weighted by atomic mass is 32.2. The summed E-state index contributed by atoms with van der Waals surface area (Å²) >= 11 is 0. The van der Waals surface area contributed by atoms with E-state index in [0.29, 0.717) is 24.2 Å². The van der Waals surface area contributed by atoms with Crippen molar-refractivity contribution in [3.63, 3.8) is 0 Å². The molecular formula is C21H22N2O7S. The van der Waals surface area contributed by atoms with Crippen molar-refractivity contribution in [1.29, 1.82) is 0 Å². The van der Waals surface area contributed by atoms with Crippen molar-refractivity contribution >= 4 is 39.4 Å². The van der Waals surface area contributed by atoms with Gasteiger partial charge in [-0.15, -0.1) is 0 Å². The molecule has 1 saturated heterocycles. The van der Waals surface area contributed by atoms with E-state index >= 15 is 0 Å². The third kappa shape index (κ3) is 4.97. The van der Waals surface area contributed by atoms with E-state index in [0.717, 1.165) is 12.5 Å². The number of aliphatic carboxylic acids is 1. The lowest BCUT2D eigenvalue weighted by molar-refractivity contribution is -0.131. The minimum Gasteiger partial charge on any atom is -0.493 e. The summed E-state index contributed by atoms with van der Waals surface area (Å²) in [5, 5.41) is 8.86. The summed E-state index contributed by atoms with van der Waals surface area (Å²) in [4.78, 5) is 24.2. The van der Waals surface area contributed by atoms with Crippen LogP contribution in [-0.2, 0) is 19.6 Å². The number of carboxylic acid groups (broad SMARTS) is 1. The number of methoxy groups -OCH3 is 2. The number of hydrogen-bond donors (Lipinski definition) is 2. The van der Waals surface area contributed by atoms with Crippen LogP contribution in [0, 0.1) is 0 Å². The quantitative estimate of drug-likeness (QED) is 0.598. The standard InChI is InChI=1S/C21H22N2O7S/c1-29-17-11-14(8-9-20(25)26)12-18(21(17)30-2)31(27,28)22-15-5-3-6-16(13-15)23-10-4-7-19(23)24/h3,5-6,8-9,11-13,22H,4,7,10H2,1-2H3,(H,25,26)/b9-8+. The van der Waals surface area contributed by atoms with E-state index in [1.54, 1.807) is 29.2 Å². The molecule has 0 atom stereocenters. The van der Waals surface area contributed by atoms with Crippen LogP contribution in [0.25, 0.3) is 6.08 Å². The zero-order valence-electron chi connectivity index (χ0n) is 17.0. The fourth-order valence-electron chi connectivity index (χ4n) is 3.28. The van der Waals surface area contributed by atoms with Gasteiger partial charge in [-0.2, -0.15) is 0 Å². The van der Waals surface area contributed by atoms with E-state index in [1.165, 1.54) is 32.4 Å². The third-order valence-corrected chi connectivity index (χ3v) is 6.05. The van der Waals surface area contributed by atoms with Gasteiger partial charge >= 0.3 is 5.97 Å². The molecule has 0 aromatic heterocycles. The molecule has 0 aliphatic carbocycles. The topological polar surface area (TPSA) is 122 Å². The van der Waals surface area contributed by atoms with E-state index in [4.69, 9.17) is 14.6 Å². The maximum Gasteiger partial charge on any atom is 0.328 e. The lowest BCUT2D eigenvalue weighted by atomic mass is 10.2. The molecule has 0 spiro atoms. The minimum absolute atomic E-state index is 0.00988. The van der Waals surface area contributed by atoms with Crippen LogP contribution in [0.15, 0.2) is 47.4 Å². The Kier molecular flexibility index (Phi) is 6.50. The van der Waals surface area contributed by atoms with Crippen LogP contribution in [0.4, 0.5) is 11.4 Å². The second kappa shape index (κ2) is 9.09. The Hall–Kier alpha value is -3.53. The highest BCUT2D eigenvalue weighted by Crippen LogP contribution is 2.37. The SMILES string of the molecule is COc1cc(/C=C/C(=O)O)cc(S(=O)(=O)Nc2cccc(N3CCCC3=O)c2)c1OC.